The second kappa shape index (κ2) is 19.0. The lowest BCUT2D eigenvalue weighted by Gasteiger charge is -2.33. The summed E-state index contributed by atoms with van der Waals surface area (Å²) >= 11 is 0. The number of carbonyl (C=O) groups is 4. The molecule has 0 aromatic heterocycles. The van der Waals surface area contributed by atoms with Crippen LogP contribution < -0.4 is 31.8 Å². The highest BCUT2D eigenvalue weighted by Gasteiger charge is 2.41. The molecule has 7 aromatic carbocycles. The van der Waals surface area contributed by atoms with Crippen LogP contribution in [0.15, 0.2) is 206 Å². The van der Waals surface area contributed by atoms with Crippen molar-refractivity contribution in [2.24, 2.45) is 0 Å². The van der Waals surface area contributed by atoms with E-state index in [0.717, 1.165) is 31.8 Å². The number of esters is 2. The number of rotatable bonds is 12. The van der Waals surface area contributed by atoms with E-state index in [1.807, 2.05) is 182 Å². The van der Waals surface area contributed by atoms with Gasteiger partial charge in [0.15, 0.2) is 0 Å². The minimum absolute atomic E-state index is 0.00622. The zero-order valence-corrected chi connectivity index (χ0v) is 38.8. The van der Waals surface area contributed by atoms with Gasteiger partial charge in [-0.05, 0) is 87.1 Å². The quantitative estimate of drug-likeness (QED) is 0.0527. The lowest BCUT2D eigenvalue weighted by Crippen LogP contribution is -2.41. The van der Waals surface area contributed by atoms with Crippen molar-refractivity contribution in [3.05, 3.63) is 217 Å². The van der Waals surface area contributed by atoms with Gasteiger partial charge in [-0.3, -0.25) is 9.59 Å². The minimum atomic E-state index is -3.27. The Kier molecular flexibility index (Phi) is 13.5. The Balaban J connectivity index is 1.53. The Morgan fingerprint density at radius 3 is 0.672 bits per heavy atom. The molecule has 0 aliphatic heterocycles. The van der Waals surface area contributed by atoms with E-state index >= 15 is 9.59 Å². The maximum Gasteiger partial charge on any atom is 0.343 e. The predicted molar refractivity (Wildman–Crippen MR) is 267 cm³/mol. The highest BCUT2D eigenvalue weighted by Crippen LogP contribution is 2.49. The Morgan fingerprint density at radius 1 is 0.312 bits per heavy atom. The molecule has 0 heterocycles. The molecule has 0 aliphatic carbocycles. The lowest BCUT2D eigenvalue weighted by atomic mass is 10.0. The van der Waals surface area contributed by atoms with Crippen LogP contribution in [-0.2, 0) is 19.1 Å². The molecule has 6 nitrogen and oxygen atoms in total. The van der Waals surface area contributed by atoms with Gasteiger partial charge in [-0.15, -0.1) is 0 Å². The zero-order valence-electron chi connectivity index (χ0n) is 37.0. The van der Waals surface area contributed by atoms with Crippen molar-refractivity contribution < 1.29 is 28.7 Å². The van der Waals surface area contributed by atoms with E-state index in [9.17, 15) is 9.59 Å². The molecule has 8 heteroatoms. The van der Waals surface area contributed by atoms with E-state index in [-0.39, 0.29) is 21.7 Å². The summed E-state index contributed by atoms with van der Waals surface area (Å²) in [6.07, 6.45) is 0. The molecule has 0 atom stereocenters. The third kappa shape index (κ3) is 9.22. The van der Waals surface area contributed by atoms with Gasteiger partial charge in [0.05, 0.1) is 0 Å². The number of benzene rings is 7. The highest BCUT2D eigenvalue weighted by atomic mass is 31.2. The normalized spacial score (nSPS) is 11.8. The molecule has 0 saturated carbocycles. The predicted octanol–water partition coefficient (Wildman–Crippen LogP) is 9.07. The Bertz CT molecular complexity index is 2470. The van der Waals surface area contributed by atoms with Gasteiger partial charge >= 0.3 is 11.9 Å². The molecule has 0 amide bonds. The van der Waals surface area contributed by atoms with Crippen LogP contribution >= 0.6 is 13.8 Å². The van der Waals surface area contributed by atoms with Crippen molar-refractivity contribution in [3.8, 4) is 0 Å². The number of hydrogen-bond acceptors (Lipinski definition) is 6. The van der Waals surface area contributed by atoms with Crippen LogP contribution in [-0.4, -0.2) is 45.3 Å². The number of ether oxygens (including phenoxy) is 2. The van der Waals surface area contributed by atoms with Crippen LogP contribution in [0.5, 0.6) is 0 Å². The molecule has 0 bridgehead atoms. The number of ketones is 2. The van der Waals surface area contributed by atoms with Crippen molar-refractivity contribution in [2.75, 3.05) is 0 Å². The fourth-order valence-corrected chi connectivity index (χ4v) is 16.6. The molecule has 0 spiro atoms. The van der Waals surface area contributed by atoms with E-state index in [0.29, 0.717) is 0 Å². The monoisotopic (exact) mass is 882 g/mol. The second-order valence-corrected chi connectivity index (χ2v) is 24.0. The minimum Gasteiger partial charge on any atom is -0.456 e. The summed E-state index contributed by atoms with van der Waals surface area (Å²) in [4.78, 5) is 61.0. The fraction of sp³-hybridized carbons (Fsp3) is 0.143. The first kappa shape index (κ1) is 45.4. The molecule has 0 fully saturated rings. The van der Waals surface area contributed by atoms with Gasteiger partial charge in [0.2, 0.25) is 11.6 Å². The largest absolute Gasteiger partial charge is 0.456 e. The standard InChI is InChI=1S/C56H52O6P2/c1-55(2,3)61-53(59)51(63(43-25-13-7-14-26-43,44-27-15-8-16-28-44)45-29-17-9-18-30-45)49(57)41-37-39-42(40-38-41)50(58)52(54(60)62-56(4,5)6)64(46-31-19-10-20-32-46,47-33-21-11-22-34-47)48-35-23-12-24-36-48/h7-40H,1-6H3. The third-order valence-corrected chi connectivity index (χ3v) is 19.1. The molecule has 0 N–H and O–H groups in total. The van der Waals surface area contributed by atoms with Crippen LogP contribution in [0.2, 0.25) is 0 Å². The average Bonchev–Trinajstić information content (AvgIpc) is 3.30. The van der Waals surface area contributed by atoms with E-state index in [1.54, 1.807) is 65.8 Å². The maximum atomic E-state index is 15.6. The molecule has 0 saturated heterocycles. The second-order valence-electron chi connectivity index (χ2n) is 17.3. The number of carbonyl (C=O) groups excluding carboxylic acids is 4. The molecule has 322 valence electrons. The van der Waals surface area contributed by atoms with Crippen LogP contribution in [0.3, 0.4) is 0 Å². The smallest absolute Gasteiger partial charge is 0.343 e. The first-order chi connectivity index (χ1) is 30.7. The SMILES string of the molecule is CC(C)(C)OC(=O)C(C(=O)c1ccc(C(=O)C(C(=O)OC(C)(C)C)=P(c2ccccc2)(c2ccccc2)c2ccccc2)cc1)=P(c1ccccc1)(c1ccccc1)c1ccccc1. The summed E-state index contributed by atoms with van der Waals surface area (Å²) in [5.41, 5.74) is -1.51. The van der Waals surface area contributed by atoms with Gasteiger partial charge in [0, 0.05) is 11.1 Å². The van der Waals surface area contributed by atoms with E-state index in [2.05, 4.69) is 0 Å². The Morgan fingerprint density at radius 2 is 0.500 bits per heavy atom. The first-order valence-corrected chi connectivity index (χ1v) is 24.8. The molecule has 0 unspecified atom stereocenters. The Hall–Kier alpha value is -6.58. The van der Waals surface area contributed by atoms with Crippen LogP contribution in [0, 0.1) is 0 Å². The lowest BCUT2D eigenvalue weighted by molar-refractivity contribution is -0.146. The summed E-state index contributed by atoms with van der Waals surface area (Å²) in [7, 11) is 0. The van der Waals surface area contributed by atoms with Gasteiger partial charge in [0.1, 0.15) is 21.8 Å². The summed E-state index contributed by atoms with van der Waals surface area (Å²) in [5, 5.41) is 4.78. The molecule has 7 rings (SSSR count). The highest BCUT2D eigenvalue weighted by molar-refractivity contribution is 7.98. The fourth-order valence-electron chi connectivity index (χ4n) is 8.04. The van der Waals surface area contributed by atoms with Gasteiger partial charge in [-0.25, -0.2) is 9.59 Å². The van der Waals surface area contributed by atoms with Gasteiger partial charge < -0.3 is 9.47 Å². The van der Waals surface area contributed by atoms with E-state index < -0.39 is 48.5 Å². The van der Waals surface area contributed by atoms with Crippen LogP contribution in [0.4, 0.5) is 0 Å². The molecule has 7 aromatic rings. The summed E-state index contributed by atoms with van der Waals surface area (Å²) in [6, 6.07) is 64.2. The third-order valence-electron chi connectivity index (χ3n) is 10.6. The van der Waals surface area contributed by atoms with Gasteiger partial charge in [0.25, 0.3) is 0 Å². The molecule has 64 heavy (non-hydrogen) atoms. The summed E-state index contributed by atoms with van der Waals surface area (Å²) in [6.45, 7) is 4.15. The maximum absolute atomic E-state index is 15.6. The molecular weight excluding hydrogens is 831 g/mol. The van der Waals surface area contributed by atoms with E-state index in [4.69, 9.17) is 9.47 Å². The van der Waals surface area contributed by atoms with Crippen molar-refractivity contribution in [2.45, 2.75) is 52.7 Å². The van der Waals surface area contributed by atoms with Crippen molar-refractivity contribution in [1.29, 1.82) is 0 Å². The number of Topliss-reactive ketones (excluding diaryl/α,β-unsaturated/α-hetero) is 2. The Labute approximate surface area is 376 Å². The first-order valence-electron chi connectivity index (χ1n) is 21.2. The average molecular weight is 883 g/mol. The van der Waals surface area contributed by atoms with Gasteiger partial charge in [-0.1, -0.05) is 206 Å². The van der Waals surface area contributed by atoms with E-state index in [1.165, 1.54) is 0 Å². The molecule has 0 radical (unpaired) electrons. The molecular formula is C56H52O6P2. The topological polar surface area (TPSA) is 86.7 Å². The van der Waals surface area contributed by atoms with Crippen LogP contribution in [0.25, 0.3) is 0 Å². The summed E-state index contributed by atoms with van der Waals surface area (Å²) < 4.78 is 12.3. The van der Waals surface area contributed by atoms with Gasteiger partial charge in [-0.2, -0.15) is 0 Å². The van der Waals surface area contributed by atoms with Crippen molar-refractivity contribution >= 4 is 79.7 Å². The van der Waals surface area contributed by atoms with Crippen LogP contribution in [0.1, 0.15) is 62.3 Å². The summed E-state index contributed by atoms with van der Waals surface area (Å²) in [5.74, 6) is -2.53. The number of hydrogen-bond donors (Lipinski definition) is 0. The van der Waals surface area contributed by atoms with Crippen molar-refractivity contribution in [3.63, 3.8) is 0 Å². The zero-order chi connectivity index (χ0) is 45.5. The van der Waals surface area contributed by atoms with Crippen molar-refractivity contribution in [1.82, 2.24) is 0 Å². The molecule has 0 aliphatic rings.